The number of benzene rings is 3. The summed E-state index contributed by atoms with van der Waals surface area (Å²) in [5.74, 6) is -0.124. The van der Waals surface area contributed by atoms with Crippen LogP contribution in [0.2, 0.25) is 0 Å². The molecule has 31 heavy (non-hydrogen) atoms. The number of rotatable bonds is 7. The van der Waals surface area contributed by atoms with E-state index < -0.39 is 0 Å². The third-order valence-corrected chi connectivity index (χ3v) is 5.84. The first-order chi connectivity index (χ1) is 15.2. The van der Waals surface area contributed by atoms with Crippen molar-refractivity contribution in [2.24, 2.45) is 0 Å². The second kappa shape index (κ2) is 9.75. The highest BCUT2D eigenvalue weighted by Crippen LogP contribution is 2.31. The van der Waals surface area contributed by atoms with E-state index in [-0.39, 0.29) is 5.91 Å². The van der Waals surface area contributed by atoms with Gasteiger partial charge < -0.3 is 5.32 Å². The molecule has 1 heterocycles. The van der Waals surface area contributed by atoms with Gasteiger partial charge in [0.15, 0.2) is 5.16 Å². The lowest BCUT2D eigenvalue weighted by Gasteiger charge is -2.15. The minimum atomic E-state index is -0.124. The van der Waals surface area contributed by atoms with Crippen LogP contribution in [0.5, 0.6) is 0 Å². The van der Waals surface area contributed by atoms with Gasteiger partial charge in [-0.15, -0.1) is 0 Å². The topological polar surface area (TPSA) is 54.9 Å². The van der Waals surface area contributed by atoms with Gasteiger partial charge in [-0.05, 0) is 42.4 Å². The van der Waals surface area contributed by atoms with Crippen LogP contribution >= 0.6 is 11.8 Å². The third kappa shape index (κ3) is 4.78. The minimum absolute atomic E-state index is 0.124. The summed E-state index contributed by atoms with van der Waals surface area (Å²) in [5.41, 5.74) is 4.16. The minimum Gasteiger partial charge on any atom is -0.352 e. The molecule has 0 aliphatic carbocycles. The van der Waals surface area contributed by atoms with E-state index in [1.54, 1.807) is 0 Å². The number of aryl methyl sites for hydroxylation is 2. The molecule has 1 aromatic heterocycles. The molecule has 4 rings (SSSR count). The van der Waals surface area contributed by atoms with Crippen LogP contribution in [0.4, 0.5) is 0 Å². The summed E-state index contributed by atoms with van der Waals surface area (Å²) >= 11 is 1.48. The number of nitrogens with one attached hydrogen (secondary N) is 1. The van der Waals surface area contributed by atoms with Crippen molar-refractivity contribution in [1.29, 1.82) is 0 Å². The number of thioether (sulfide) groups is 1. The van der Waals surface area contributed by atoms with Crippen molar-refractivity contribution in [2.75, 3.05) is 12.8 Å². The van der Waals surface area contributed by atoms with Gasteiger partial charge in [-0.3, -0.25) is 4.79 Å². The Morgan fingerprint density at radius 1 is 0.935 bits per heavy atom. The van der Waals surface area contributed by atoms with Crippen molar-refractivity contribution in [3.05, 3.63) is 89.6 Å². The molecule has 0 radical (unpaired) electrons. The fourth-order valence-corrected chi connectivity index (χ4v) is 4.18. The number of nitrogens with zero attached hydrogens (tertiary/aromatic N) is 2. The largest absolute Gasteiger partial charge is 0.352 e. The maximum absolute atomic E-state index is 13.2. The molecule has 0 saturated carbocycles. The molecule has 0 atom stereocenters. The van der Waals surface area contributed by atoms with Gasteiger partial charge in [-0.2, -0.15) is 0 Å². The van der Waals surface area contributed by atoms with Crippen LogP contribution in [-0.2, 0) is 6.42 Å². The van der Waals surface area contributed by atoms with Crippen LogP contribution in [0.3, 0.4) is 0 Å². The number of aromatic nitrogens is 2. The molecule has 0 aliphatic rings. The number of amides is 1. The number of hydrogen-bond donors (Lipinski definition) is 1. The van der Waals surface area contributed by atoms with E-state index in [9.17, 15) is 4.79 Å². The fourth-order valence-electron chi connectivity index (χ4n) is 3.76. The first kappa shape index (κ1) is 21.1. The molecule has 0 aliphatic heterocycles. The van der Waals surface area contributed by atoms with E-state index in [1.165, 1.54) is 17.3 Å². The molecule has 0 fully saturated rings. The molecule has 156 valence electrons. The Hall–Kier alpha value is -3.18. The molecular weight excluding hydrogens is 402 g/mol. The highest BCUT2D eigenvalue weighted by atomic mass is 32.2. The number of hydrogen-bond acceptors (Lipinski definition) is 4. The summed E-state index contributed by atoms with van der Waals surface area (Å²) in [6.45, 7) is 2.49. The van der Waals surface area contributed by atoms with Crippen molar-refractivity contribution in [2.45, 2.75) is 24.9 Å². The highest BCUT2D eigenvalue weighted by molar-refractivity contribution is 7.98. The molecule has 3 aromatic carbocycles. The molecule has 4 aromatic rings. The van der Waals surface area contributed by atoms with Gasteiger partial charge in [0.1, 0.15) is 0 Å². The lowest BCUT2D eigenvalue weighted by Crippen LogP contribution is -2.27. The predicted molar refractivity (Wildman–Crippen MR) is 129 cm³/mol. The van der Waals surface area contributed by atoms with Gasteiger partial charge in [0.05, 0.1) is 17.0 Å². The Balaban J connectivity index is 1.63. The monoisotopic (exact) mass is 427 g/mol. The molecule has 0 spiro atoms. The van der Waals surface area contributed by atoms with Gasteiger partial charge >= 0.3 is 0 Å². The summed E-state index contributed by atoms with van der Waals surface area (Å²) in [6.07, 6.45) is 3.76. The second-order valence-electron chi connectivity index (χ2n) is 7.39. The maximum Gasteiger partial charge on any atom is 0.255 e. The molecule has 1 amide bonds. The zero-order valence-electron chi connectivity index (χ0n) is 17.8. The zero-order chi connectivity index (χ0) is 21.6. The van der Waals surface area contributed by atoms with Gasteiger partial charge in [-0.25, -0.2) is 9.97 Å². The maximum atomic E-state index is 13.2. The standard InChI is InChI=1S/C26H25N3OS/c1-18-23(25(30)27-17-9-12-19-10-4-3-5-11-19)24(29-26(28-18)31-2)22-16-8-14-20-13-6-7-15-21(20)22/h3-8,10-11,13-16H,9,12,17H2,1-2H3,(H,27,30). The Kier molecular flexibility index (Phi) is 6.63. The first-order valence-corrected chi connectivity index (χ1v) is 11.6. The number of carbonyl (C=O) groups excluding carboxylic acids is 1. The highest BCUT2D eigenvalue weighted by Gasteiger charge is 2.21. The van der Waals surface area contributed by atoms with E-state index in [0.717, 1.165) is 29.2 Å². The smallest absolute Gasteiger partial charge is 0.255 e. The van der Waals surface area contributed by atoms with Gasteiger partial charge in [0.25, 0.3) is 5.91 Å². The lowest BCUT2D eigenvalue weighted by atomic mass is 9.98. The summed E-state index contributed by atoms with van der Waals surface area (Å²) < 4.78 is 0. The molecule has 0 saturated heterocycles. The van der Waals surface area contributed by atoms with Crippen molar-refractivity contribution < 1.29 is 4.79 Å². The summed E-state index contributed by atoms with van der Waals surface area (Å²) in [6, 6.07) is 24.6. The second-order valence-corrected chi connectivity index (χ2v) is 8.16. The molecule has 5 heteroatoms. The van der Waals surface area contributed by atoms with Crippen LogP contribution in [0.25, 0.3) is 22.0 Å². The van der Waals surface area contributed by atoms with Gasteiger partial charge in [-0.1, -0.05) is 84.6 Å². The van der Waals surface area contributed by atoms with Crippen LogP contribution < -0.4 is 5.32 Å². The average Bonchev–Trinajstić information content (AvgIpc) is 2.81. The molecule has 1 N–H and O–H groups in total. The molecular formula is C26H25N3OS. The summed E-state index contributed by atoms with van der Waals surface area (Å²) in [7, 11) is 0. The number of fused-ring (bicyclic) bond motifs is 1. The van der Waals surface area contributed by atoms with E-state index in [4.69, 9.17) is 4.98 Å². The van der Waals surface area contributed by atoms with E-state index >= 15 is 0 Å². The van der Waals surface area contributed by atoms with E-state index in [1.807, 2.05) is 55.6 Å². The Labute approximate surface area is 187 Å². The molecule has 4 nitrogen and oxygen atoms in total. The predicted octanol–water partition coefficient (Wildman–Crippen LogP) is 5.69. The first-order valence-electron chi connectivity index (χ1n) is 10.4. The SMILES string of the molecule is CSc1nc(C)c(C(=O)NCCCc2ccccc2)c(-c2cccc3ccccc23)n1. The molecule has 0 bridgehead atoms. The van der Waals surface area contributed by atoms with Crippen LogP contribution in [0.15, 0.2) is 78.0 Å². The Bertz CT molecular complexity index is 1200. The summed E-state index contributed by atoms with van der Waals surface area (Å²) in [4.78, 5) is 22.5. The lowest BCUT2D eigenvalue weighted by molar-refractivity contribution is 0.0952. The molecule has 0 unspecified atom stereocenters. The van der Waals surface area contributed by atoms with Crippen LogP contribution in [0, 0.1) is 6.92 Å². The van der Waals surface area contributed by atoms with Crippen molar-refractivity contribution in [3.8, 4) is 11.3 Å². The van der Waals surface area contributed by atoms with Crippen molar-refractivity contribution in [1.82, 2.24) is 15.3 Å². The quantitative estimate of drug-likeness (QED) is 0.234. The Morgan fingerprint density at radius 3 is 2.48 bits per heavy atom. The van der Waals surface area contributed by atoms with Gasteiger partial charge in [0, 0.05) is 12.1 Å². The number of carbonyl (C=O) groups is 1. The van der Waals surface area contributed by atoms with Crippen molar-refractivity contribution in [3.63, 3.8) is 0 Å². The normalized spacial score (nSPS) is 10.9. The zero-order valence-corrected chi connectivity index (χ0v) is 18.6. The van der Waals surface area contributed by atoms with Crippen LogP contribution in [-0.4, -0.2) is 28.7 Å². The van der Waals surface area contributed by atoms with E-state index in [2.05, 4.69) is 40.6 Å². The Morgan fingerprint density at radius 2 is 1.68 bits per heavy atom. The van der Waals surface area contributed by atoms with Crippen molar-refractivity contribution >= 4 is 28.4 Å². The average molecular weight is 428 g/mol. The summed E-state index contributed by atoms with van der Waals surface area (Å²) in [5, 5.41) is 5.95. The van der Waals surface area contributed by atoms with E-state index in [0.29, 0.717) is 28.7 Å². The fraction of sp³-hybridized carbons (Fsp3) is 0.192. The van der Waals surface area contributed by atoms with Gasteiger partial charge in [0.2, 0.25) is 0 Å². The third-order valence-electron chi connectivity index (χ3n) is 5.29. The van der Waals surface area contributed by atoms with Crippen LogP contribution in [0.1, 0.15) is 28.0 Å².